The molecule has 6 heteroatoms. The number of thiazole rings is 1. The molecule has 2 unspecified atom stereocenters. The molecular formula is C12H16N2O3S. The molecule has 2 rings (SSSR count). The number of carbonyl (C=O) groups is 2. The normalized spacial score (nSPS) is 23.6. The average molecular weight is 268 g/mol. The summed E-state index contributed by atoms with van der Waals surface area (Å²) in [6.07, 6.45) is 3.24. The zero-order chi connectivity index (χ0) is 13.1. The van der Waals surface area contributed by atoms with E-state index in [9.17, 15) is 9.59 Å². The van der Waals surface area contributed by atoms with Crippen LogP contribution in [0.4, 0.5) is 0 Å². The molecule has 1 amide bonds. The Morgan fingerprint density at radius 1 is 1.44 bits per heavy atom. The zero-order valence-corrected chi connectivity index (χ0v) is 11.0. The van der Waals surface area contributed by atoms with Crippen LogP contribution in [0.5, 0.6) is 0 Å². The summed E-state index contributed by atoms with van der Waals surface area (Å²) in [4.78, 5) is 27.2. The van der Waals surface area contributed by atoms with Crippen LogP contribution >= 0.6 is 11.3 Å². The monoisotopic (exact) mass is 268 g/mol. The van der Waals surface area contributed by atoms with Crippen molar-refractivity contribution in [2.45, 2.75) is 38.6 Å². The van der Waals surface area contributed by atoms with Crippen LogP contribution in [-0.4, -0.2) is 28.0 Å². The summed E-state index contributed by atoms with van der Waals surface area (Å²) in [6, 6.07) is -0.272. The van der Waals surface area contributed by atoms with Crippen LogP contribution in [-0.2, 0) is 4.79 Å². The number of carboxylic acids is 1. The highest BCUT2D eigenvalue weighted by molar-refractivity contribution is 7.09. The van der Waals surface area contributed by atoms with Crippen LogP contribution < -0.4 is 5.32 Å². The topological polar surface area (TPSA) is 79.3 Å². The molecule has 1 saturated carbocycles. The second kappa shape index (κ2) is 5.48. The van der Waals surface area contributed by atoms with Gasteiger partial charge < -0.3 is 10.4 Å². The Labute approximate surface area is 109 Å². The summed E-state index contributed by atoms with van der Waals surface area (Å²) in [5.41, 5.74) is 0.382. The maximum absolute atomic E-state index is 11.9. The molecular weight excluding hydrogens is 252 g/mol. The van der Waals surface area contributed by atoms with Gasteiger partial charge in [-0.15, -0.1) is 11.3 Å². The molecule has 0 aliphatic heterocycles. The predicted molar refractivity (Wildman–Crippen MR) is 67.7 cm³/mol. The Bertz CT molecular complexity index is 458. The van der Waals surface area contributed by atoms with E-state index in [2.05, 4.69) is 10.3 Å². The molecule has 5 nitrogen and oxygen atoms in total. The average Bonchev–Trinajstić information content (AvgIpc) is 2.76. The Morgan fingerprint density at radius 2 is 2.17 bits per heavy atom. The molecule has 1 aliphatic carbocycles. The number of aliphatic carboxylic acids is 1. The number of nitrogens with one attached hydrogen (secondary N) is 1. The SMILES string of the molecule is Cc1nc(C(=O)NC2CCCCC2C(=O)O)cs1. The molecule has 0 aromatic carbocycles. The summed E-state index contributed by atoms with van der Waals surface area (Å²) in [5.74, 6) is -1.56. The maximum atomic E-state index is 11.9. The van der Waals surface area contributed by atoms with Gasteiger partial charge in [-0.1, -0.05) is 12.8 Å². The fourth-order valence-corrected chi connectivity index (χ4v) is 2.90. The van der Waals surface area contributed by atoms with Crippen LogP contribution in [0.1, 0.15) is 41.2 Å². The Morgan fingerprint density at radius 3 is 2.78 bits per heavy atom. The highest BCUT2D eigenvalue weighted by Gasteiger charge is 2.32. The van der Waals surface area contributed by atoms with Crippen molar-refractivity contribution < 1.29 is 14.7 Å². The first-order valence-electron chi connectivity index (χ1n) is 6.03. The predicted octanol–water partition coefficient (Wildman–Crippen LogP) is 1.82. The van der Waals surface area contributed by atoms with E-state index in [0.717, 1.165) is 24.3 Å². The van der Waals surface area contributed by atoms with Crippen molar-refractivity contribution in [1.82, 2.24) is 10.3 Å². The summed E-state index contributed by atoms with van der Waals surface area (Å²) < 4.78 is 0. The van der Waals surface area contributed by atoms with Gasteiger partial charge in [-0.05, 0) is 19.8 Å². The molecule has 2 N–H and O–H groups in total. The van der Waals surface area contributed by atoms with E-state index in [1.54, 1.807) is 5.38 Å². The van der Waals surface area contributed by atoms with E-state index in [1.807, 2.05) is 6.92 Å². The number of carboxylic acid groups (broad SMARTS) is 1. The lowest BCUT2D eigenvalue weighted by molar-refractivity contribution is -0.143. The van der Waals surface area contributed by atoms with E-state index < -0.39 is 11.9 Å². The standard InChI is InChI=1S/C12H16N2O3S/c1-7-13-10(6-18-7)11(15)14-9-5-3-2-4-8(9)12(16)17/h6,8-9H,2-5H2,1H3,(H,14,15)(H,16,17). The zero-order valence-electron chi connectivity index (χ0n) is 10.2. The van der Waals surface area contributed by atoms with Crippen molar-refractivity contribution >= 4 is 23.2 Å². The summed E-state index contributed by atoms with van der Waals surface area (Å²) >= 11 is 1.41. The number of aromatic nitrogens is 1. The Hall–Kier alpha value is -1.43. The van der Waals surface area contributed by atoms with Gasteiger partial charge in [-0.25, -0.2) is 4.98 Å². The van der Waals surface area contributed by atoms with Gasteiger partial charge in [0.1, 0.15) is 5.69 Å². The van der Waals surface area contributed by atoms with Crippen molar-refractivity contribution in [3.8, 4) is 0 Å². The molecule has 1 fully saturated rings. The highest BCUT2D eigenvalue weighted by atomic mass is 32.1. The summed E-state index contributed by atoms with van der Waals surface area (Å²) in [5, 5.41) is 14.5. The molecule has 0 saturated heterocycles. The third-order valence-corrected chi connectivity index (χ3v) is 4.02. The van der Waals surface area contributed by atoms with Crippen molar-refractivity contribution in [3.63, 3.8) is 0 Å². The molecule has 0 spiro atoms. The first-order valence-corrected chi connectivity index (χ1v) is 6.91. The van der Waals surface area contributed by atoms with Gasteiger partial charge >= 0.3 is 5.97 Å². The molecule has 1 aliphatic rings. The second-order valence-electron chi connectivity index (χ2n) is 4.56. The highest BCUT2D eigenvalue weighted by Crippen LogP contribution is 2.25. The van der Waals surface area contributed by atoms with Crippen LogP contribution in [0.3, 0.4) is 0 Å². The third-order valence-electron chi connectivity index (χ3n) is 3.25. The molecule has 18 heavy (non-hydrogen) atoms. The van der Waals surface area contributed by atoms with Crippen molar-refractivity contribution in [3.05, 3.63) is 16.1 Å². The third kappa shape index (κ3) is 2.87. The first-order chi connectivity index (χ1) is 8.58. The lowest BCUT2D eigenvalue weighted by atomic mass is 9.84. The molecule has 1 aromatic heterocycles. The molecule has 1 aromatic rings. The van der Waals surface area contributed by atoms with Crippen molar-refractivity contribution in [2.24, 2.45) is 5.92 Å². The van der Waals surface area contributed by atoms with Gasteiger partial charge in [0, 0.05) is 11.4 Å². The maximum Gasteiger partial charge on any atom is 0.308 e. The van der Waals surface area contributed by atoms with Gasteiger partial charge in [-0.3, -0.25) is 9.59 Å². The number of carbonyl (C=O) groups excluding carboxylic acids is 1. The number of amides is 1. The van der Waals surface area contributed by atoms with Crippen LogP contribution in [0.15, 0.2) is 5.38 Å². The van der Waals surface area contributed by atoms with Crippen LogP contribution in [0.2, 0.25) is 0 Å². The molecule has 0 bridgehead atoms. The summed E-state index contributed by atoms with van der Waals surface area (Å²) in [6.45, 7) is 1.84. The van der Waals surface area contributed by atoms with E-state index in [1.165, 1.54) is 11.3 Å². The minimum absolute atomic E-state index is 0.266. The molecule has 0 radical (unpaired) electrons. The molecule has 98 valence electrons. The van der Waals surface area contributed by atoms with Crippen molar-refractivity contribution in [1.29, 1.82) is 0 Å². The van der Waals surface area contributed by atoms with E-state index in [0.29, 0.717) is 12.1 Å². The number of hydrogen-bond donors (Lipinski definition) is 2. The van der Waals surface area contributed by atoms with E-state index in [4.69, 9.17) is 5.11 Å². The van der Waals surface area contributed by atoms with Gasteiger partial charge in [0.2, 0.25) is 0 Å². The van der Waals surface area contributed by atoms with E-state index >= 15 is 0 Å². The first kappa shape index (κ1) is 13.0. The largest absolute Gasteiger partial charge is 0.481 e. The fourth-order valence-electron chi connectivity index (χ4n) is 2.31. The lowest BCUT2D eigenvalue weighted by Gasteiger charge is -2.28. The molecule has 2 atom stereocenters. The lowest BCUT2D eigenvalue weighted by Crippen LogP contribution is -2.45. The number of hydrogen-bond acceptors (Lipinski definition) is 4. The van der Waals surface area contributed by atoms with Gasteiger partial charge in [-0.2, -0.15) is 0 Å². The number of nitrogens with zero attached hydrogens (tertiary/aromatic N) is 1. The smallest absolute Gasteiger partial charge is 0.308 e. The summed E-state index contributed by atoms with van der Waals surface area (Å²) in [7, 11) is 0. The van der Waals surface area contributed by atoms with Crippen LogP contribution in [0, 0.1) is 12.8 Å². The van der Waals surface area contributed by atoms with Gasteiger partial charge in [0.15, 0.2) is 0 Å². The second-order valence-corrected chi connectivity index (χ2v) is 5.62. The fraction of sp³-hybridized carbons (Fsp3) is 0.583. The Balaban J connectivity index is 2.03. The number of aryl methyl sites for hydroxylation is 1. The minimum Gasteiger partial charge on any atom is -0.481 e. The van der Waals surface area contributed by atoms with Gasteiger partial charge in [0.05, 0.1) is 10.9 Å². The van der Waals surface area contributed by atoms with Crippen molar-refractivity contribution in [2.75, 3.05) is 0 Å². The molecule has 1 heterocycles. The number of rotatable bonds is 3. The Kier molecular flexibility index (Phi) is 3.96. The quantitative estimate of drug-likeness (QED) is 0.876. The van der Waals surface area contributed by atoms with Crippen LogP contribution in [0.25, 0.3) is 0 Å². The van der Waals surface area contributed by atoms with Gasteiger partial charge in [0.25, 0.3) is 5.91 Å². The minimum atomic E-state index is -0.825. The van der Waals surface area contributed by atoms with E-state index in [-0.39, 0.29) is 11.9 Å².